The first-order chi connectivity index (χ1) is 13.6. The average Bonchev–Trinajstić information content (AvgIpc) is 2.74. The van der Waals surface area contributed by atoms with E-state index in [0.717, 1.165) is 38.6 Å². The molecule has 6 heteroatoms. The summed E-state index contributed by atoms with van der Waals surface area (Å²) in [6.07, 6.45) is 0. The van der Waals surface area contributed by atoms with Gasteiger partial charge in [0.2, 0.25) is 0 Å². The number of piperazine rings is 1. The lowest BCUT2D eigenvalue weighted by Gasteiger charge is -2.35. The van der Waals surface area contributed by atoms with Gasteiger partial charge in [-0.25, -0.2) is 4.99 Å². The van der Waals surface area contributed by atoms with Gasteiger partial charge in [0.15, 0.2) is 11.5 Å². The molecule has 1 aliphatic rings. The van der Waals surface area contributed by atoms with Crippen molar-refractivity contribution in [2.75, 3.05) is 40.4 Å². The Morgan fingerprint density at radius 3 is 2.29 bits per heavy atom. The predicted molar refractivity (Wildman–Crippen MR) is 110 cm³/mol. The summed E-state index contributed by atoms with van der Waals surface area (Å²) < 4.78 is 10.6. The fourth-order valence-corrected chi connectivity index (χ4v) is 3.37. The molecule has 0 aliphatic carbocycles. The Kier molecular flexibility index (Phi) is 6.51. The zero-order valence-electron chi connectivity index (χ0n) is 16.7. The lowest BCUT2D eigenvalue weighted by molar-refractivity contribution is 0.175. The molecule has 2 aromatic rings. The minimum atomic E-state index is 0.472. The van der Waals surface area contributed by atoms with Crippen LogP contribution in [0.1, 0.15) is 18.1 Å². The van der Waals surface area contributed by atoms with Crippen molar-refractivity contribution in [1.29, 1.82) is 5.26 Å². The molecule has 3 rings (SSSR count). The third-order valence-electron chi connectivity index (χ3n) is 4.98. The molecule has 2 aromatic carbocycles. The van der Waals surface area contributed by atoms with E-state index in [2.05, 4.69) is 40.1 Å². The number of hydrogen-bond donors (Lipinski definition) is 0. The first-order valence-corrected chi connectivity index (χ1v) is 9.37. The zero-order chi connectivity index (χ0) is 19.9. The van der Waals surface area contributed by atoms with Crippen molar-refractivity contribution in [1.82, 2.24) is 9.80 Å². The molecule has 0 unspecified atom stereocenters. The van der Waals surface area contributed by atoms with Gasteiger partial charge in [0, 0.05) is 44.9 Å². The Morgan fingerprint density at radius 2 is 1.68 bits per heavy atom. The topological polar surface area (TPSA) is 61.1 Å². The van der Waals surface area contributed by atoms with Crippen molar-refractivity contribution in [3.8, 4) is 17.6 Å². The largest absolute Gasteiger partial charge is 0.493 e. The number of rotatable bonds is 5. The molecular formula is C22H26N4O2. The van der Waals surface area contributed by atoms with Gasteiger partial charge in [-0.3, -0.25) is 4.90 Å². The van der Waals surface area contributed by atoms with Crippen molar-refractivity contribution in [3.05, 3.63) is 53.6 Å². The van der Waals surface area contributed by atoms with Gasteiger partial charge >= 0.3 is 0 Å². The van der Waals surface area contributed by atoms with Crippen LogP contribution in [0, 0.1) is 11.3 Å². The van der Waals surface area contributed by atoms with E-state index in [1.54, 1.807) is 26.4 Å². The number of amidine groups is 1. The molecule has 0 bridgehead atoms. The van der Waals surface area contributed by atoms with E-state index in [9.17, 15) is 5.26 Å². The Labute approximate surface area is 166 Å². The van der Waals surface area contributed by atoms with Crippen LogP contribution in [0.25, 0.3) is 0 Å². The maximum Gasteiger partial charge on any atom is 0.162 e. The van der Waals surface area contributed by atoms with E-state index in [0.29, 0.717) is 22.7 Å². The van der Waals surface area contributed by atoms with E-state index in [-0.39, 0.29) is 0 Å². The molecule has 1 saturated heterocycles. The Hall–Kier alpha value is -3.04. The summed E-state index contributed by atoms with van der Waals surface area (Å²) in [7, 11) is 3.14. The zero-order valence-corrected chi connectivity index (χ0v) is 16.7. The van der Waals surface area contributed by atoms with Crippen LogP contribution in [0.2, 0.25) is 0 Å². The van der Waals surface area contributed by atoms with Gasteiger partial charge in [0.1, 0.15) is 11.9 Å². The van der Waals surface area contributed by atoms with Crippen molar-refractivity contribution < 1.29 is 9.47 Å². The second kappa shape index (κ2) is 9.25. The predicted octanol–water partition coefficient (Wildman–Crippen LogP) is 3.44. The molecule has 1 fully saturated rings. The highest BCUT2D eigenvalue weighted by atomic mass is 16.5. The molecule has 0 saturated carbocycles. The summed E-state index contributed by atoms with van der Waals surface area (Å²) in [5.74, 6) is 2.01. The number of nitriles is 1. The van der Waals surface area contributed by atoms with Gasteiger partial charge in [0.05, 0.1) is 25.5 Å². The van der Waals surface area contributed by atoms with Crippen LogP contribution >= 0.6 is 0 Å². The molecule has 0 aromatic heterocycles. The third-order valence-corrected chi connectivity index (χ3v) is 4.98. The fraction of sp³-hybridized carbons (Fsp3) is 0.364. The van der Waals surface area contributed by atoms with Crippen LogP contribution in [-0.2, 0) is 6.54 Å². The van der Waals surface area contributed by atoms with Gasteiger partial charge in [-0.05, 0) is 12.5 Å². The lowest BCUT2D eigenvalue weighted by atomic mass is 10.1. The van der Waals surface area contributed by atoms with Crippen molar-refractivity contribution in [2.24, 2.45) is 4.99 Å². The molecule has 0 atom stereocenters. The molecule has 0 spiro atoms. The lowest BCUT2D eigenvalue weighted by Crippen LogP contribution is -2.47. The van der Waals surface area contributed by atoms with Gasteiger partial charge in [-0.15, -0.1) is 0 Å². The van der Waals surface area contributed by atoms with Crippen molar-refractivity contribution in [3.63, 3.8) is 0 Å². The van der Waals surface area contributed by atoms with Crippen LogP contribution in [-0.4, -0.2) is 56.0 Å². The van der Waals surface area contributed by atoms with Crippen molar-refractivity contribution >= 4 is 11.5 Å². The van der Waals surface area contributed by atoms with Gasteiger partial charge in [0.25, 0.3) is 0 Å². The number of benzene rings is 2. The van der Waals surface area contributed by atoms with Crippen LogP contribution < -0.4 is 9.47 Å². The normalized spacial score (nSPS) is 15.2. The third kappa shape index (κ3) is 4.62. The molecule has 1 heterocycles. The smallest absolute Gasteiger partial charge is 0.162 e. The van der Waals surface area contributed by atoms with E-state index < -0.39 is 0 Å². The highest BCUT2D eigenvalue weighted by molar-refractivity contribution is 5.84. The van der Waals surface area contributed by atoms with Crippen molar-refractivity contribution in [2.45, 2.75) is 13.5 Å². The molecule has 1 aliphatic heterocycles. The second-order valence-electron chi connectivity index (χ2n) is 6.74. The highest BCUT2D eigenvalue weighted by Gasteiger charge is 2.18. The van der Waals surface area contributed by atoms with Crippen LogP contribution in [0.3, 0.4) is 0 Å². The summed E-state index contributed by atoms with van der Waals surface area (Å²) in [5, 5.41) is 9.46. The first-order valence-electron chi connectivity index (χ1n) is 9.37. The monoisotopic (exact) mass is 378 g/mol. The molecule has 146 valence electrons. The van der Waals surface area contributed by atoms with E-state index >= 15 is 0 Å². The van der Waals surface area contributed by atoms with Crippen LogP contribution in [0.4, 0.5) is 5.69 Å². The van der Waals surface area contributed by atoms with E-state index in [4.69, 9.17) is 14.5 Å². The molecule has 0 amide bonds. The fourth-order valence-electron chi connectivity index (χ4n) is 3.37. The maximum atomic E-state index is 9.46. The summed E-state index contributed by atoms with van der Waals surface area (Å²) in [6.45, 7) is 6.76. The number of hydrogen-bond acceptors (Lipinski definition) is 5. The summed E-state index contributed by atoms with van der Waals surface area (Å²) in [5.41, 5.74) is 2.41. The number of ether oxygens (including phenoxy) is 2. The summed E-state index contributed by atoms with van der Waals surface area (Å²) in [4.78, 5) is 9.43. The van der Waals surface area contributed by atoms with Gasteiger partial charge in [-0.1, -0.05) is 30.3 Å². The molecular weight excluding hydrogens is 352 g/mol. The Balaban J connectivity index is 1.69. The average molecular weight is 378 g/mol. The van der Waals surface area contributed by atoms with E-state index in [1.807, 2.05) is 13.0 Å². The number of methoxy groups -OCH3 is 2. The van der Waals surface area contributed by atoms with Gasteiger partial charge in [-0.2, -0.15) is 5.26 Å². The molecule has 28 heavy (non-hydrogen) atoms. The molecule has 0 radical (unpaired) electrons. The van der Waals surface area contributed by atoms with Crippen LogP contribution in [0.15, 0.2) is 47.5 Å². The second-order valence-corrected chi connectivity index (χ2v) is 6.74. The molecule has 6 nitrogen and oxygen atoms in total. The minimum Gasteiger partial charge on any atom is -0.493 e. The molecule has 0 N–H and O–H groups in total. The summed E-state index contributed by atoms with van der Waals surface area (Å²) >= 11 is 0. The first kappa shape index (κ1) is 19.7. The Bertz CT molecular complexity index is 866. The standard InChI is InChI=1S/C22H26N4O2/c1-17(24-20-14-22(28-3)21(27-2)13-19(20)15-23)26-11-9-25(10-12-26)16-18-7-5-4-6-8-18/h4-8,13-14H,9-12,16H2,1-3H3/b24-17-. The number of aliphatic imine (C=N–C) groups is 1. The minimum absolute atomic E-state index is 0.472. The maximum absolute atomic E-state index is 9.46. The summed E-state index contributed by atoms with van der Waals surface area (Å²) in [6, 6.07) is 16.2. The SMILES string of the molecule is COc1cc(C#N)c(/N=C(/C)N2CCN(Cc3ccccc3)CC2)cc1OC. The number of nitrogens with zero attached hydrogens (tertiary/aromatic N) is 4. The Morgan fingerprint density at radius 1 is 1.04 bits per heavy atom. The van der Waals surface area contributed by atoms with Gasteiger partial charge < -0.3 is 14.4 Å². The highest BCUT2D eigenvalue weighted by Crippen LogP contribution is 2.34. The quantitative estimate of drug-likeness (QED) is 0.589. The van der Waals surface area contributed by atoms with E-state index in [1.165, 1.54) is 5.56 Å². The van der Waals surface area contributed by atoms with Crippen LogP contribution in [0.5, 0.6) is 11.5 Å².